The molecule has 5 nitrogen and oxygen atoms in total. The third-order valence-electron chi connectivity index (χ3n) is 3.79. The molecule has 0 aliphatic heterocycles. The molecule has 1 aliphatic carbocycles. The number of nitrogens with zero attached hydrogens (tertiary/aromatic N) is 3. The molecule has 4 rings (SSSR count). The SMILES string of the molecule is O=C(O)c1cc(C2CC2)n2nc(-c3cccc(F)c3)cc2n1. The molecule has 1 N–H and O–H groups in total. The Kier molecular flexibility index (Phi) is 2.72. The molecule has 22 heavy (non-hydrogen) atoms. The van der Waals surface area contributed by atoms with Crippen molar-refractivity contribution in [2.24, 2.45) is 0 Å². The van der Waals surface area contributed by atoms with Gasteiger partial charge >= 0.3 is 5.97 Å². The van der Waals surface area contributed by atoms with Crippen LogP contribution in [0.15, 0.2) is 36.4 Å². The number of halogens is 1. The molecule has 0 spiro atoms. The minimum absolute atomic E-state index is 0.0140. The maximum atomic E-state index is 13.4. The number of benzene rings is 1. The zero-order valence-electron chi connectivity index (χ0n) is 11.5. The number of carboxylic acids is 1. The van der Waals surface area contributed by atoms with E-state index in [1.165, 1.54) is 12.1 Å². The first-order chi connectivity index (χ1) is 10.6. The van der Waals surface area contributed by atoms with E-state index in [0.29, 0.717) is 22.8 Å². The first-order valence-corrected chi connectivity index (χ1v) is 7.02. The molecule has 0 saturated heterocycles. The highest BCUT2D eigenvalue weighted by molar-refractivity contribution is 5.86. The van der Waals surface area contributed by atoms with Crippen molar-refractivity contribution in [2.75, 3.05) is 0 Å². The van der Waals surface area contributed by atoms with Gasteiger partial charge < -0.3 is 5.11 Å². The van der Waals surface area contributed by atoms with E-state index in [1.54, 1.807) is 28.8 Å². The van der Waals surface area contributed by atoms with Crippen LogP contribution in [0.2, 0.25) is 0 Å². The number of fused-ring (bicyclic) bond motifs is 1. The fraction of sp³-hybridized carbons (Fsp3) is 0.188. The molecule has 1 aromatic carbocycles. The van der Waals surface area contributed by atoms with Gasteiger partial charge in [-0.25, -0.2) is 18.7 Å². The van der Waals surface area contributed by atoms with Crippen molar-refractivity contribution < 1.29 is 14.3 Å². The highest BCUT2D eigenvalue weighted by Crippen LogP contribution is 2.40. The lowest BCUT2D eigenvalue weighted by molar-refractivity contribution is 0.0690. The van der Waals surface area contributed by atoms with Crippen molar-refractivity contribution in [3.8, 4) is 11.3 Å². The Morgan fingerprint density at radius 3 is 2.77 bits per heavy atom. The monoisotopic (exact) mass is 297 g/mol. The summed E-state index contributed by atoms with van der Waals surface area (Å²) in [5, 5.41) is 13.7. The van der Waals surface area contributed by atoms with Gasteiger partial charge in [0.2, 0.25) is 0 Å². The van der Waals surface area contributed by atoms with Crippen LogP contribution in [0.25, 0.3) is 16.9 Å². The Morgan fingerprint density at radius 2 is 2.09 bits per heavy atom. The van der Waals surface area contributed by atoms with Crippen molar-refractivity contribution in [1.29, 1.82) is 0 Å². The summed E-state index contributed by atoms with van der Waals surface area (Å²) < 4.78 is 15.0. The quantitative estimate of drug-likeness (QED) is 0.806. The van der Waals surface area contributed by atoms with Crippen LogP contribution in [-0.4, -0.2) is 25.7 Å². The van der Waals surface area contributed by atoms with E-state index >= 15 is 0 Å². The number of hydrogen-bond acceptors (Lipinski definition) is 3. The summed E-state index contributed by atoms with van der Waals surface area (Å²) in [5.74, 6) is -1.07. The molecule has 0 atom stereocenters. The molecule has 1 aliphatic rings. The fourth-order valence-corrected chi connectivity index (χ4v) is 2.57. The summed E-state index contributed by atoms with van der Waals surface area (Å²) in [5.41, 5.74) is 2.56. The maximum absolute atomic E-state index is 13.4. The molecule has 110 valence electrons. The number of aromatic carboxylic acids is 1. The van der Waals surface area contributed by atoms with Crippen molar-refractivity contribution in [1.82, 2.24) is 14.6 Å². The highest BCUT2D eigenvalue weighted by atomic mass is 19.1. The molecule has 0 unspecified atom stereocenters. The highest BCUT2D eigenvalue weighted by Gasteiger charge is 2.28. The van der Waals surface area contributed by atoms with E-state index < -0.39 is 5.97 Å². The molecule has 0 amide bonds. The second-order valence-electron chi connectivity index (χ2n) is 5.46. The van der Waals surface area contributed by atoms with Crippen molar-refractivity contribution in [2.45, 2.75) is 18.8 Å². The van der Waals surface area contributed by atoms with Crippen LogP contribution in [0.5, 0.6) is 0 Å². The summed E-state index contributed by atoms with van der Waals surface area (Å²) in [6.45, 7) is 0. The molecule has 3 aromatic rings. The maximum Gasteiger partial charge on any atom is 0.354 e. The second-order valence-corrected chi connectivity index (χ2v) is 5.46. The minimum Gasteiger partial charge on any atom is -0.477 e. The van der Waals surface area contributed by atoms with Gasteiger partial charge in [-0.3, -0.25) is 0 Å². The van der Waals surface area contributed by atoms with Gasteiger partial charge in [0.05, 0.1) is 5.69 Å². The van der Waals surface area contributed by atoms with Crippen LogP contribution in [0.3, 0.4) is 0 Å². The predicted octanol–water partition coefficient (Wildman–Crippen LogP) is 3.11. The van der Waals surface area contributed by atoms with E-state index in [-0.39, 0.29) is 11.5 Å². The van der Waals surface area contributed by atoms with Gasteiger partial charge in [0.15, 0.2) is 11.3 Å². The third-order valence-corrected chi connectivity index (χ3v) is 3.79. The zero-order chi connectivity index (χ0) is 15.3. The molecule has 1 saturated carbocycles. The summed E-state index contributed by atoms with van der Waals surface area (Å²) in [7, 11) is 0. The lowest BCUT2D eigenvalue weighted by Gasteiger charge is -2.04. The van der Waals surface area contributed by atoms with E-state index in [0.717, 1.165) is 18.5 Å². The molecule has 2 heterocycles. The molecule has 6 heteroatoms. The van der Waals surface area contributed by atoms with Gasteiger partial charge in [0, 0.05) is 23.2 Å². The fourth-order valence-electron chi connectivity index (χ4n) is 2.57. The summed E-state index contributed by atoms with van der Waals surface area (Å²) >= 11 is 0. The molecular weight excluding hydrogens is 285 g/mol. The minimum atomic E-state index is -1.06. The van der Waals surface area contributed by atoms with Crippen molar-refractivity contribution in [3.05, 3.63) is 53.6 Å². The zero-order valence-corrected chi connectivity index (χ0v) is 11.5. The largest absolute Gasteiger partial charge is 0.477 e. The van der Waals surface area contributed by atoms with E-state index in [4.69, 9.17) is 0 Å². The predicted molar refractivity (Wildman–Crippen MR) is 77.3 cm³/mol. The number of hydrogen-bond donors (Lipinski definition) is 1. The van der Waals surface area contributed by atoms with Crippen LogP contribution in [0, 0.1) is 5.82 Å². The van der Waals surface area contributed by atoms with Crippen molar-refractivity contribution in [3.63, 3.8) is 0 Å². The van der Waals surface area contributed by atoms with Crippen LogP contribution >= 0.6 is 0 Å². The Bertz CT molecular complexity index is 900. The molecule has 1 fully saturated rings. The van der Waals surface area contributed by atoms with E-state index in [2.05, 4.69) is 10.1 Å². The van der Waals surface area contributed by atoms with E-state index in [1.807, 2.05) is 0 Å². The van der Waals surface area contributed by atoms with Crippen LogP contribution in [-0.2, 0) is 0 Å². The molecule has 0 bridgehead atoms. The van der Waals surface area contributed by atoms with Crippen LogP contribution in [0.1, 0.15) is 34.9 Å². The van der Waals surface area contributed by atoms with Gasteiger partial charge in [0.25, 0.3) is 0 Å². The van der Waals surface area contributed by atoms with Crippen molar-refractivity contribution >= 4 is 11.6 Å². The number of carbonyl (C=O) groups is 1. The van der Waals surface area contributed by atoms with E-state index in [9.17, 15) is 14.3 Å². The first-order valence-electron chi connectivity index (χ1n) is 7.02. The number of carboxylic acid groups (broad SMARTS) is 1. The van der Waals surface area contributed by atoms with Gasteiger partial charge in [-0.05, 0) is 31.0 Å². The average molecular weight is 297 g/mol. The lowest BCUT2D eigenvalue weighted by Crippen LogP contribution is -2.06. The Morgan fingerprint density at radius 1 is 1.27 bits per heavy atom. The average Bonchev–Trinajstić information content (AvgIpc) is 3.24. The summed E-state index contributed by atoms with van der Waals surface area (Å²) in [4.78, 5) is 15.3. The number of aromatic nitrogens is 3. The molecule has 0 radical (unpaired) electrons. The van der Waals surface area contributed by atoms with Gasteiger partial charge in [0.1, 0.15) is 5.82 Å². The topological polar surface area (TPSA) is 67.5 Å². The normalized spacial score (nSPS) is 14.4. The second kappa shape index (κ2) is 4.62. The molecule has 2 aromatic heterocycles. The Balaban J connectivity index is 1.92. The van der Waals surface area contributed by atoms with Gasteiger partial charge in [-0.2, -0.15) is 5.10 Å². The number of rotatable bonds is 3. The smallest absolute Gasteiger partial charge is 0.354 e. The molecular formula is C16H12FN3O2. The first kappa shape index (κ1) is 12.9. The summed E-state index contributed by atoms with van der Waals surface area (Å²) in [6, 6.07) is 9.42. The van der Waals surface area contributed by atoms with Gasteiger partial charge in [-0.15, -0.1) is 0 Å². The van der Waals surface area contributed by atoms with Crippen LogP contribution < -0.4 is 0 Å². The van der Waals surface area contributed by atoms with Crippen LogP contribution in [0.4, 0.5) is 4.39 Å². The third kappa shape index (κ3) is 2.13. The van der Waals surface area contributed by atoms with Gasteiger partial charge in [-0.1, -0.05) is 12.1 Å². The summed E-state index contributed by atoms with van der Waals surface area (Å²) in [6.07, 6.45) is 2.04. The standard InChI is InChI=1S/C16H12FN3O2/c17-11-3-1-2-10(6-11)12-8-15-18-13(16(21)22)7-14(9-4-5-9)20(15)19-12/h1-3,6-9H,4-5H2,(H,21,22). The Labute approximate surface area is 125 Å². The Hall–Kier alpha value is -2.76. The lowest BCUT2D eigenvalue weighted by atomic mass is 10.1.